The number of rotatable bonds is 3. The van der Waals surface area contributed by atoms with Crippen molar-refractivity contribution < 1.29 is 23.8 Å². The van der Waals surface area contributed by atoms with Gasteiger partial charge in [-0.25, -0.2) is 9.18 Å². The van der Waals surface area contributed by atoms with E-state index in [1.807, 2.05) is 0 Å². The van der Waals surface area contributed by atoms with Crippen molar-refractivity contribution in [2.45, 2.75) is 26.2 Å². The summed E-state index contributed by atoms with van der Waals surface area (Å²) in [4.78, 5) is 26.4. The maximum absolute atomic E-state index is 14.0. The molecular formula is C16H15BrFNO4. The third kappa shape index (κ3) is 2.63. The molecule has 1 aliphatic carbocycles. The highest BCUT2D eigenvalue weighted by atomic mass is 79.9. The number of hydrogen-bond donors (Lipinski definition) is 2. The summed E-state index contributed by atoms with van der Waals surface area (Å²) in [6.45, 7) is 2.09. The number of benzene rings is 1. The van der Waals surface area contributed by atoms with Crippen molar-refractivity contribution in [3.05, 3.63) is 33.2 Å². The molecule has 0 bridgehead atoms. The van der Waals surface area contributed by atoms with Crippen molar-refractivity contribution in [3.8, 4) is 0 Å². The highest BCUT2D eigenvalue weighted by molar-refractivity contribution is 9.10. The van der Waals surface area contributed by atoms with Gasteiger partial charge in [-0.1, -0.05) is 0 Å². The predicted octanol–water partition coefficient (Wildman–Crippen LogP) is 3.44. The number of carboxylic acids is 1. The molecule has 2 aromatic rings. The van der Waals surface area contributed by atoms with Gasteiger partial charge in [0, 0.05) is 17.5 Å². The van der Waals surface area contributed by atoms with Gasteiger partial charge in [-0.3, -0.25) is 4.79 Å². The molecule has 0 spiro atoms. The molecule has 1 aromatic carbocycles. The van der Waals surface area contributed by atoms with Gasteiger partial charge in [0.1, 0.15) is 5.82 Å². The number of aromatic carboxylic acids is 1. The summed E-state index contributed by atoms with van der Waals surface area (Å²) in [5.41, 5.74) is 1.93. The first-order valence-electron chi connectivity index (χ1n) is 7.35. The Balaban J connectivity index is 2.11. The lowest BCUT2D eigenvalue weighted by molar-refractivity contribution is -0.148. The minimum Gasteiger partial charge on any atom is -0.478 e. The molecule has 0 fully saturated rings. The van der Waals surface area contributed by atoms with E-state index in [0.29, 0.717) is 36.8 Å². The molecule has 3 rings (SSSR count). The van der Waals surface area contributed by atoms with Gasteiger partial charge in [-0.15, -0.1) is 0 Å². The summed E-state index contributed by atoms with van der Waals surface area (Å²) in [6, 6.07) is 1.000. The lowest BCUT2D eigenvalue weighted by Crippen LogP contribution is -2.24. The van der Waals surface area contributed by atoms with E-state index in [-0.39, 0.29) is 21.9 Å². The Morgan fingerprint density at radius 3 is 2.91 bits per heavy atom. The molecule has 1 atom stereocenters. The number of aromatic amines is 1. The van der Waals surface area contributed by atoms with Gasteiger partial charge < -0.3 is 14.8 Å². The molecule has 2 N–H and O–H groups in total. The maximum Gasteiger partial charge on any atom is 0.337 e. The molecule has 122 valence electrons. The van der Waals surface area contributed by atoms with Gasteiger partial charge >= 0.3 is 11.9 Å². The number of nitrogens with one attached hydrogen (secondary N) is 1. The fourth-order valence-electron chi connectivity index (χ4n) is 3.16. The summed E-state index contributed by atoms with van der Waals surface area (Å²) in [5, 5.41) is 9.85. The molecule has 0 amide bonds. The Labute approximate surface area is 139 Å². The molecule has 0 saturated carbocycles. The molecule has 1 aliphatic rings. The number of carbonyl (C=O) groups is 2. The van der Waals surface area contributed by atoms with Crippen LogP contribution in [0.3, 0.4) is 0 Å². The number of carboxylic acid groups (broad SMARTS) is 1. The normalized spacial score (nSPS) is 17.1. The summed E-state index contributed by atoms with van der Waals surface area (Å²) in [5.74, 6) is -2.31. The Kier molecular flexibility index (Phi) is 4.14. The van der Waals surface area contributed by atoms with Crippen LogP contribution in [0.1, 0.15) is 35.0 Å². The van der Waals surface area contributed by atoms with E-state index in [0.717, 1.165) is 17.3 Å². The van der Waals surface area contributed by atoms with Crippen molar-refractivity contribution in [1.82, 2.24) is 4.98 Å². The second kappa shape index (κ2) is 5.96. The smallest absolute Gasteiger partial charge is 0.337 e. The fraction of sp³-hybridized carbons (Fsp3) is 0.375. The van der Waals surface area contributed by atoms with Gasteiger partial charge in [0.25, 0.3) is 0 Å². The zero-order valence-electron chi connectivity index (χ0n) is 12.4. The van der Waals surface area contributed by atoms with E-state index < -0.39 is 11.8 Å². The average molecular weight is 384 g/mol. The van der Waals surface area contributed by atoms with E-state index in [1.54, 1.807) is 6.92 Å². The number of aryl methyl sites for hydroxylation is 1. The van der Waals surface area contributed by atoms with Gasteiger partial charge in [-0.2, -0.15) is 0 Å². The molecule has 23 heavy (non-hydrogen) atoms. The van der Waals surface area contributed by atoms with Crippen LogP contribution in [0.25, 0.3) is 10.9 Å². The Morgan fingerprint density at radius 2 is 2.26 bits per heavy atom. The second-order valence-electron chi connectivity index (χ2n) is 5.55. The first-order valence-corrected chi connectivity index (χ1v) is 8.14. The van der Waals surface area contributed by atoms with E-state index in [4.69, 9.17) is 4.74 Å². The minimum absolute atomic E-state index is 0.109. The van der Waals surface area contributed by atoms with Crippen molar-refractivity contribution in [3.63, 3.8) is 0 Å². The summed E-state index contributed by atoms with van der Waals surface area (Å²) >= 11 is 3.21. The van der Waals surface area contributed by atoms with Crippen LogP contribution in [-0.4, -0.2) is 28.6 Å². The van der Waals surface area contributed by atoms with Crippen LogP contribution >= 0.6 is 15.9 Å². The second-order valence-corrected chi connectivity index (χ2v) is 6.34. The summed E-state index contributed by atoms with van der Waals surface area (Å²) in [7, 11) is 0. The molecule has 0 radical (unpaired) electrons. The van der Waals surface area contributed by atoms with Gasteiger partial charge in [-0.05, 0) is 47.3 Å². The molecule has 7 heteroatoms. The van der Waals surface area contributed by atoms with Crippen LogP contribution in [0.5, 0.6) is 0 Å². The standard InChI is InChI=1S/C16H15BrFNO4/c1-2-23-16(22)7-3-4-8-11(5-7)19-14-9(15(20)21)6-10(18)13(17)12(8)14/h6-7,19H,2-5H2,1H3,(H,20,21). The number of fused-ring (bicyclic) bond motifs is 3. The third-order valence-electron chi connectivity index (χ3n) is 4.21. The molecule has 1 unspecified atom stereocenters. The number of carbonyl (C=O) groups excluding carboxylic acids is 1. The molecule has 0 aliphatic heterocycles. The lowest BCUT2D eigenvalue weighted by atomic mass is 9.87. The van der Waals surface area contributed by atoms with Gasteiger partial charge in [0.2, 0.25) is 0 Å². The fourth-order valence-corrected chi connectivity index (χ4v) is 3.72. The van der Waals surface area contributed by atoms with Crippen LogP contribution in [0, 0.1) is 11.7 Å². The highest BCUT2D eigenvalue weighted by Crippen LogP contribution is 2.38. The molecular weight excluding hydrogens is 369 g/mol. The van der Waals surface area contributed by atoms with E-state index in [9.17, 15) is 19.1 Å². The number of aromatic nitrogens is 1. The van der Waals surface area contributed by atoms with E-state index in [2.05, 4.69) is 20.9 Å². The van der Waals surface area contributed by atoms with Crippen molar-refractivity contribution in [2.75, 3.05) is 6.61 Å². The largest absolute Gasteiger partial charge is 0.478 e. The number of ether oxygens (including phenoxy) is 1. The van der Waals surface area contributed by atoms with Crippen molar-refractivity contribution in [2.24, 2.45) is 5.92 Å². The monoisotopic (exact) mass is 383 g/mol. The number of halogens is 2. The van der Waals surface area contributed by atoms with Crippen molar-refractivity contribution in [1.29, 1.82) is 0 Å². The number of H-pyrrole nitrogens is 1. The first kappa shape index (κ1) is 16.0. The topological polar surface area (TPSA) is 79.4 Å². The molecule has 0 saturated heterocycles. The molecule has 1 aromatic heterocycles. The molecule has 1 heterocycles. The third-order valence-corrected chi connectivity index (χ3v) is 4.98. The van der Waals surface area contributed by atoms with Crippen LogP contribution in [0.15, 0.2) is 10.5 Å². The first-order chi connectivity index (χ1) is 10.9. The maximum atomic E-state index is 14.0. The van der Waals surface area contributed by atoms with Crippen LogP contribution in [-0.2, 0) is 22.4 Å². The Bertz CT molecular complexity index is 814. The molecule has 5 nitrogen and oxygen atoms in total. The van der Waals surface area contributed by atoms with Crippen LogP contribution < -0.4 is 0 Å². The number of hydrogen-bond acceptors (Lipinski definition) is 3. The number of esters is 1. The Hall–Kier alpha value is -1.89. The minimum atomic E-state index is -1.19. The summed E-state index contributed by atoms with van der Waals surface area (Å²) in [6.07, 6.45) is 1.61. The summed E-state index contributed by atoms with van der Waals surface area (Å²) < 4.78 is 19.3. The SMILES string of the molecule is CCOC(=O)C1CCc2c([nH]c3c(C(=O)O)cc(F)c(Br)c23)C1. The zero-order valence-corrected chi connectivity index (χ0v) is 14.0. The van der Waals surface area contributed by atoms with Gasteiger partial charge in [0.05, 0.1) is 28.1 Å². The van der Waals surface area contributed by atoms with E-state index >= 15 is 0 Å². The van der Waals surface area contributed by atoms with Crippen LogP contribution in [0.2, 0.25) is 0 Å². The van der Waals surface area contributed by atoms with Crippen LogP contribution in [0.4, 0.5) is 4.39 Å². The lowest BCUT2D eigenvalue weighted by Gasteiger charge is -2.20. The van der Waals surface area contributed by atoms with E-state index in [1.165, 1.54) is 0 Å². The van der Waals surface area contributed by atoms with Gasteiger partial charge in [0.15, 0.2) is 0 Å². The quantitative estimate of drug-likeness (QED) is 0.795. The Morgan fingerprint density at radius 1 is 1.52 bits per heavy atom. The van der Waals surface area contributed by atoms with Crippen molar-refractivity contribution >= 4 is 38.8 Å². The zero-order chi connectivity index (χ0) is 16.7. The highest BCUT2D eigenvalue weighted by Gasteiger charge is 2.30. The average Bonchev–Trinajstić information content (AvgIpc) is 2.89. The predicted molar refractivity (Wildman–Crippen MR) is 85.1 cm³/mol.